The second kappa shape index (κ2) is 6.00. The van der Waals surface area contributed by atoms with E-state index in [-0.39, 0.29) is 18.5 Å². The van der Waals surface area contributed by atoms with E-state index in [4.69, 9.17) is 14.6 Å². The maximum atomic E-state index is 12.6. The number of anilines is 1. The predicted octanol–water partition coefficient (Wildman–Crippen LogP) is 1.75. The topological polar surface area (TPSA) is 106 Å². The third-order valence-electron chi connectivity index (χ3n) is 4.14. The number of nitrogens with one attached hydrogen (secondary N) is 1. The van der Waals surface area contributed by atoms with Gasteiger partial charge >= 0.3 is 12.0 Å². The van der Waals surface area contributed by atoms with Crippen LogP contribution >= 0.6 is 0 Å². The summed E-state index contributed by atoms with van der Waals surface area (Å²) >= 11 is 0. The van der Waals surface area contributed by atoms with Crippen LogP contribution in [-0.2, 0) is 13.1 Å². The fourth-order valence-corrected chi connectivity index (χ4v) is 2.92. The Morgan fingerprint density at radius 3 is 2.84 bits per heavy atom. The van der Waals surface area contributed by atoms with Gasteiger partial charge in [-0.05, 0) is 24.6 Å². The Balaban J connectivity index is 1.49. The number of aryl methyl sites for hydroxylation is 1. The van der Waals surface area contributed by atoms with Crippen molar-refractivity contribution in [2.24, 2.45) is 0 Å². The third-order valence-corrected chi connectivity index (χ3v) is 4.14. The van der Waals surface area contributed by atoms with Crippen LogP contribution in [0.3, 0.4) is 0 Å². The van der Waals surface area contributed by atoms with E-state index in [9.17, 15) is 9.59 Å². The Morgan fingerprint density at radius 2 is 2.00 bits per heavy atom. The van der Waals surface area contributed by atoms with Gasteiger partial charge < -0.3 is 24.8 Å². The zero-order valence-electron chi connectivity index (χ0n) is 13.3. The fraction of sp³-hybridized carbons (Fsp3) is 0.312. The summed E-state index contributed by atoms with van der Waals surface area (Å²) in [4.78, 5) is 25.3. The monoisotopic (exact) mass is 344 g/mol. The van der Waals surface area contributed by atoms with Crippen LogP contribution in [0.2, 0.25) is 0 Å². The minimum Gasteiger partial charge on any atom is -0.476 e. The number of hydrogen-bond donors (Lipinski definition) is 2. The second-order valence-corrected chi connectivity index (χ2v) is 5.82. The number of nitrogens with zero attached hydrogens (tertiary/aromatic N) is 3. The Bertz CT molecular complexity index is 847. The first-order valence-electron chi connectivity index (χ1n) is 7.86. The molecule has 2 aromatic rings. The first kappa shape index (κ1) is 15.3. The lowest BCUT2D eigenvalue weighted by Gasteiger charge is -2.20. The van der Waals surface area contributed by atoms with E-state index in [0.717, 1.165) is 0 Å². The summed E-state index contributed by atoms with van der Waals surface area (Å²) in [5, 5.41) is 16.0. The quantitative estimate of drug-likeness (QED) is 0.860. The van der Waals surface area contributed by atoms with Crippen molar-refractivity contribution in [2.45, 2.75) is 19.5 Å². The summed E-state index contributed by atoms with van der Waals surface area (Å²) in [5.74, 6) is 0.174. The average Bonchev–Trinajstić information content (AvgIpc) is 3.16. The number of amides is 2. The zero-order chi connectivity index (χ0) is 17.4. The molecule has 0 atom stereocenters. The third kappa shape index (κ3) is 2.95. The van der Waals surface area contributed by atoms with Crippen LogP contribution in [0.5, 0.6) is 11.5 Å². The van der Waals surface area contributed by atoms with Gasteiger partial charge in [-0.1, -0.05) is 0 Å². The molecular weight excluding hydrogens is 328 g/mol. The molecule has 2 amide bonds. The van der Waals surface area contributed by atoms with Crippen LogP contribution in [0.1, 0.15) is 22.6 Å². The van der Waals surface area contributed by atoms with Crippen molar-refractivity contribution in [1.82, 2.24) is 14.7 Å². The van der Waals surface area contributed by atoms with Gasteiger partial charge in [-0.15, -0.1) is 0 Å². The van der Waals surface area contributed by atoms with Crippen molar-refractivity contribution in [3.8, 4) is 11.5 Å². The number of carbonyl (C=O) groups is 2. The van der Waals surface area contributed by atoms with Crippen LogP contribution in [0.15, 0.2) is 24.3 Å². The lowest BCUT2D eigenvalue weighted by Crippen LogP contribution is -2.34. The molecule has 25 heavy (non-hydrogen) atoms. The molecule has 1 aromatic heterocycles. The van der Waals surface area contributed by atoms with E-state index >= 15 is 0 Å². The first-order chi connectivity index (χ1) is 12.1. The van der Waals surface area contributed by atoms with Crippen LogP contribution in [0, 0.1) is 0 Å². The standard InChI is InChI=1S/C16H16N4O5/c21-15(22)12-7-11-8-19(4-1-5-20(11)18-12)16(23)17-10-2-3-13-14(6-10)25-9-24-13/h2-3,6-7H,1,4-5,8-9H2,(H,17,23)(H,21,22). The van der Waals surface area contributed by atoms with Crippen molar-refractivity contribution < 1.29 is 24.2 Å². The SMILES string of the molecule is O=C(O)c1cc2n(n1)CCCN(C(=O)Nc1ccc3c(c1)OCO3)C2. The van der Waals surface area contributed by atoms with Gasteiger partial charge in [-0.2, -0.15) is 5.10 Å². The minimum atomic E-state index is -1.07. The molecule has 2 N–H and O–H groups in total. The van der Waals surface area contributed by atoms with E-state index in [2.05, 4.69) is 10.4 Å². The molecule has 0 radical (unpaired) electrons. The number of carbonyl (C=O) groups excluding carboxylic acids is 1. The van der Waals surface area contributed by atoms with E-state index in [1.165, 1.54) is 6.07 Å². The molecule has 9 heteroatoms. The van der Waals surface area contributed by atoms with Gasteiger partial charge in [0.2, 0.25) is 6.79 Å². The first-order valence-corrected chi connectivity index (χ1v) is 7.86. The second-order valence-electron chi connectivity index (χ2n) is 5.82. The van der Waals surface area contributed by atoms with Crippen LogP contribution in [0.25, 0.3) is 0 Å². The smallest absolute Gasteiger partial charge is 0.356 e. The molecule has 2 aliphatic heterocycles. The van der Waals surface area contributed by atoms with Crippen LogP contribution in [0.4, 0.5) is 10.5 Å². The van der Waals surface area contributed by atoms with Crippen molar-refractivity contribution in [3.63, 3.8) is 0 Å². The summed E-state index contributed by atoms with van der Waals surface area (Å²) in [6, 6.07) is 6.45. The Kier molecular flexibility index (Phi) is 3.68. The number of carboxylic acids is 1. The molecule has 0 bridgehead atoms. The molecule has 130 valence electrons. The van der Waals surface area contributed by atoms with Gasteiger partial charge in [0, 0.05) is 24.8 Å². The Labute approximate surface area is 142 Å². The number of hydrogen-bond acceptors (Lipinski definition) is 5. The summed E-state index contributed by atoms with van der Waals surface area (Å²) in [7, 11) is 0. The highest BCUT2D eigenvalue weighted by molar-refractivity contribution is 5.90. The Hall–Kier alpha value is -3.23. The van der Waals surface area contributed by atoms with E-state index < -0.39 is 5.97 Å². The molecule has 0 spiro atoms. The van der Waals surface area contributed by atoms with E-state index in [0.29, 0.717) is 48.9 Å². The highest BCUT2D eigenvalue weighted by Crippen LogP contribution is 2.34. The van der Waals surface area contributed by atoms with Crippen molar-refractivity contribution in [2.75, 3.05) is 18.7 Å². The molecule has 9 nitrogen and oxygen atoms in total. The number of urea groups is 1. The highest BCUT2D eigenvalue weighted by Gasteiger charge is 2.23. The van der Waals surface area contributed by atoms with Crippen LogP contribution in [-0.4, -0.2) is 45.1 Å². The minimum absolute atomic E-state index is 0.00645. The number of carboxylic acid groups (broad SMARTS) is 1. The Morgan fingerprint density at radius 1 is 1.16 bits per heavy atom. The largest absolute Gasteiger partial charge is 0.476 e. The molecule has 1 aromatic carbocycles. The summed E-state index contributed by atoms with van der Waals surface area (Å²) in [5.41, 5.74) is 1.31. The molecule has 0 saturated heterocycles. The van der Waals surface area contributed by atoms with Crippen molar-refractivity contribution in [3.05, 3.63) is 35.7 Å². The lowest BCUT2D eigenvalue weighted by molar-refractivity contribution is 0.0689. The summed E-state index contributed by atoms with van der Waals surface area (Å²) < 4.78 is 12.2. The average molecular weight is 344 g/mol. The van der Waals surface area contributed by atoms with Gasteiger partial charge in [-0.25, -0.2) is 9.59 Å². The van der Waals surface area contributed by atoms with E-state index in [1.807, 2.05) is 0 Å². The molecule has 0 aliphatic carbocycles. The number of aromatic carboxylic acids is 1. The molecule has 3 heterocycles. The van der Waals surface area contributed by atoms with E-state index in [1.54, 1.807) is 27.8 Å². The predicted molar refractivity (Wildman–Crippen MR) is 85.8 cm³/mol. The van der Waals surface area contributed by atoms with Gasteiger partial charge in [0.1, 0.15) is 0 Å². The highest BCUT2D eigenvalue weighted by atomic mass is 16.7. The fourth-order valence-electron chi connectivity index (χ4n) is 2.92. The number of aromatic nitrogens is 2. The number of benzene rings is 1. The molecule has 0 fully saturated rings. The van der Waals surface area contributed by atoms with Gasteiger partial charge in [0.05, 0.1) is 12.2 Å². The number of fused-ring (bicyclic) bond motifs is 2. The molecular formula is C16H16N4O5. The number of rotatable bonds is 2. The van der Waals surface area contributed by atoms with Gasteiger partial charge in [-0.3, -0.25) is 4.68 Å². The maximum Gasteiger partial charge on any atom is 0.356 e. The lowest BCUT2D eigenvalue weighted by atomic mass is 10.3. The zero-order valence-corrected chi connectivity index (χ0v) is 13.3. The molecule has 0 unspecified atom stereocenters. The van der Waals surface area contributed by atoms with Crippen molar-refractivity contribution >= 4 is 17.7 Å². The van der Waals surface area contributed by atoms with Gasteiger partial charge in [0.15, 0.2) is 17.2 Å². The molecule has 4 rings (SSSR count). The van der Waals surface area contributed by atoms with Gasteiger partial charge in [0.25, 0.3) is 0 Å². The maximum absolute atomic E-state index is 12.6. The summed E-state index contributed by atoms with van der Waals surface area (Å²) in [6.07, 6.45) is 0.697. The van der Waals surface area contributed by atoms with Crippen LogP contribution < -0.4 is 14.8 Å². The molecule has 2 aliphatic rings. The summed E-state index contributed by atoms with van der Waals surface area (Å²) in [6.45, 7) is 1.62. The normalized spacial score (nSPS) is 15.4. The number of ether oxygens (including phenoxy) is 2. The van der Waals surface area contributed by atoms with Crippen molar-refractivity contribution in [1.29, 1.82) is 0 Å². The molecule has 0 saturated carbocycles.